The first kappa shape index (κ1) is 11.9. The van der Waals surface area contributed by atoms with Crippen molar-refractivity contribution >= 4 is 23.2 Å². The molecule has 0 amide bonds. The lowest BCUT2D eigenvalue weighted by molar-refractivity contribution is 0.475. The van der Waals surface area contributed by atoms with Crippen LogP contribution in [0.25, 0.3) is 0 Å². The fourth-order valence-electron chi connectivity index (χ4n) is 0.858. The molecule has 0 atom stereocenters. The van der Waals surface area contributed by atoms with Crippen molar-refractivity contribution in [1.29, 1.82) is 0 Å². The first-order valence-electron chi connectivity index (χ1n) is 4.33. The van der Waals surface area contributed by atoms with E-state index in [0.717, 1.165) is 10.0 Å². The Morgan fingerprint density at radius 3 is 1.33 bits per heavy atom. The van der Waals surface area contributed by atoms with Crippen LogP contribution in [-0.4, -0.2) is 5.11 Å². The summed E-state index contributed by atoms with van der Waals surface area (Å²) in [6, 6.07) is 15.7. The van der Waals surface area contributed by atoms with E-state index in [1.165, 1.54) is 0 Å². The number of phenols is 1. The maximum Gasteiger partial charge on any atom is 0.115 e. The van der Waals surface area contributed by atoms with E-state index in [9.17, 15) is 0 Å². The van der Waals surface area contributed by atoms with E-state index < -0.39 is 0 Å². The molecule has 1 nitrogen and oxygen atoms in total. The monoisotopic (exact) mass is 240 g/mol. The smallest absolute Gasteiger partial charge is 0.115 e. The molecule has 0 aliphatic heterocycles. The van der Waals surface area contributed by atoms with Gasteiger partial charge in [-0.25, -0.2) is 0 Å². The molecule has 0 aromatic heterocycles. The van der Waals surface area contributed by atoms with Gasteiger partial charge in [-0.2, -0.15) is 0 Å². The van der Waals surface area contributed by atoms with Crippen molar-refractivity contribution in [2.24, 2.45) is 0 Å². The number of benzene rings is 2. The van der Waals surface area contributed by atoms with E-state index in [2.05, 4.69) is 0 Å². The second-order valence-corrected chi connectivity index (χ2v) is 3.64. The number of phenolic OH excluding ortho intramolecular Hbond substituents is 1. The van der Waals surface area contributed by atoms with Crippen LogP contribution >= 0.6 is 23.2 Å². The molecule has 0 unspecified atom stereocenters. The van der Waals surface area contributed by atoms with Crippen LogP contribution < -0.4 is 0 Å². The SMILES string of the molecule is Clc1ccc(Cl)cc1.Oc1ccccc1. The second-order valence-electron chi connectivity index (χ2n) is 2.77. The van der Waals surface area contributed by atoms with Crippen molar-refractivity contribution < 1.29 is 5.11 Å². The fourth-order valence-corrected chi connectivity index (χ4v) is 1.11. The molecule has 0 aliphatic carbocycles. The molecule has 3 heteroatoms. The molecule has 15 heavy (non-hydrogen) atoms. The van der Waals surface area contributed by atoms with Crippen LogP contribution in [0.15, 0.2) is 54.6 Å². The van der Waals surface area contributed by atoms with Crippen LogP contribution in [0.1, 0.15) is 0 Å². The van der Waals surface area contributed by atoms with Gasteiger partial charge in [-0.05, 0) is 36.4 Å². The maximum atomic E-state index is 8.63. The third kappa shape index (κ3) is 5.31. The minimum Gasteiger partial charge on any atom is -0.508 e. The van der Waals surface area contributed by atoms with Crippen LogP contribution in [0.4, 0.5) is 0 Å². The van der Waals surface area contributed by atoms with Crippen molar-refractivity contribution in [3.8, 4) is 5.75 Å². The highest BCUT2D eigenvalue weighted by atomic mass is 35.5. The molecule has 2 aromatic rings. The second kappa shape index (κ2) is 6.33. The van der Waals surface area contributed by atoms with Crippen LogP contribution in [0, 0.1) is 0 Å². The Morgan fingerprint density at radius 2 is 1.07 bits per heavy atom. The predicted octanol–water partition coefficient (Wildman–Crippen LogP) is 4.39. The Balaban J connectivity index is 0.000000151. The van der Waals surface area contributed by atoms with E-state index in [0.29, 0.717) is 5.75 Å². The molecular weight excluding hydrogens is 231 g/mol. The van der Waals surface area contributed by atoms with Gasteiger partial charge in [-0.15, -0.1) is 0 Å². The summed E-state index contributed by atoms with van der Waals surface area (Å²) >= 11 is 11.1. The van der Waals surface area contributed by atoms with Crippen LogP contribution in [-0.2, 0) is 0 Å². The quantitative estimate of drug-likeness (QED) is 0.725. The van der Waals surface area contributed by atoms with E-state index in [-0.39, 0.29) is 0 Å². The third-order valence-corrected chi connectivity index (χ3v) is 2.06. The van der Waals surface area contributed by atoms with Crippen LogP contribution in [0.3, 0.4) is 0 Å². The zero-order valence-electron chi connectivity index (χ0n) is 7.90. The molecular formula is C12H10Cl2O. The molecule has 0 aliphatic rings. The Morgan fingerprint density at radius 1 is 0.667 bits per heavy atom. The molecule has 2 rings (SSSR count). The molecule has 0 radical (unpaired) electrons. The van der Waals surface area contributed by atoms with Gasteiger partial charge in [0.25, 0.3) is 0 Å². The van der Waals surface area contributed by atoms with Gasteiger partial charge >= 0.3 is 0 Å². The van der Waals surface area contributed by atoms with E-state index >= 15 is 0 Å². The number of hydrogen-bond acceptors (Lipinski definition) is 1. The highest BCUT2D eigenvalue weighted by molar-refractivity contribution is 6.32. The summed E-state index contributed by atoms with van der Waals surface area (Å²) in [6.45, 7) is 0. The van der Waals surface area contributed by atoms with E-state index in [1.54, 1.807) is 48.5 Å². The van der Waals surface area contributed by atoms with Gasteiger partial charge in [0.05, 0.1) is 0 Å². The topological polar surface area (TPSA) is 20.2 Å². The summed E-state index contributed by atoms with van der Waals surface area (Å²) in [5, 5.41) is 10.1. The lowest BCUT2D eigenvalue weighted by atomic mass is 10.3. The largest absolute Gasteiger partial charge is 0.508 e. The van der Waals surface area contributed by atoms with Crippen LogP contribution in [0.5, 0.6) is 5.75 Å². The molecule has 0 fully saturated rings. The number of aromatic hydroxyl groups is 1. The Hall–Kier alpha value is -1.18. The molecule has 0 spiro atoms. The first-order chi connectivity index (χ1) is 7.18. The fraction of sp³-hybridized carbons (Fsp3) is 0. The van der Waals surface area contributed by atoms with Crippen LogP contribution in [0.2, 0.25) is 10.0 Å². The van der Waals surface area contributed by atoms with Gasteiger partial charge in [0, 0.05) is 10.0 Å². The van der Waals surface area contributed by atoms with Gasteiger partial charge < -0.3 is 5.11 Å². The summed E-state index contributed by atoms with van der Waals surface area (Å²) in [4.78, 5) is 0. The zero-order valence-corrected chi connectivity index (χ0v) is 9.41. The van der Waals surface area contributed by atoms with Crippen molar-refractivity contribution in [2.45, 2.75) is 0 Å². The number of halogens is 2. The lowest BCUT2D eigenvalue weighted by Crippen LogP contribution is -1.60. The Bertz CT molecular complexity index is 363. The highest BCUT2D eigenvalue weighted by Gasteiger charge is 1.83. The van der Waals surface area contributed by atoms with Crippen molar-refractivity contribution in [1.82, 2.24) is 0 Å². The summed E-state index contributed by atoms with van der Waals surface area (Å²) in [6.07, 6.45) is 0. The minimum atomic E-state index is 0.322. The summed E-state index contributed by atoms with van der Waals surface area (Å²) in [5.74, 6) is 0.322. The van der Waals surface area contributed by atoms with Gasteiger partial charge in [0.1, 0.15) is 5.75 Å². The van der Waals surface area contributed by atoms with E-state index in [1.807, 2.05) is 6.07 Å². The molecule has 0 heterocycles. The third-order valence-electron chi connectivity index (χ3n) is 1.56. The standard InChI is InChI=1S/C6H4Cl2.C6H6O/c7-5-1-2-6(8)4-3-5;7-6-4-2-1-3-5-6/h1-4H;1-5,7H. The molecule has 0 saturated heterocycles. The molecule has 0 saturated carbocycles. The Labute approximate surface area is 98.9 Å². The predicted molar refractivity (Wildman–Crippen MR) is 64.6 cm³/mol. The van der Waals surface area contributed by atoms with Gasteiger partial charge in [-0.1, -0.05) is 41.4 Å². The normalized spacial score (nSPS) is 8.93. The summed E-state index contributed by atoms with van der Waals surface area (Å²) < 4.78 is 0. The van der Waals surface area contributed by atoms with Crippen molar-refractivity contribution in [3.05, 3.63) is 64.6 Å². The van der Waals surface area contributed by atoms with Crippen molar-refractivity contribution in [2.75, 3.05) is 0 Å². The molecule has 1 N–H and O–H groups in total. The lowest BCUT2D eigenvalue weighted by Gasteiger charge is -1.86. The minimum absolute atomic E-state index is 0.322. The van der Waals surface area contributed by atoms with E-state index in [4.69, 9.17) is 28.3 Å². The van der Waals surface area contributed by atoms with Gasteiger partial charge in [0.15, 0.2) is 0 Å². The highest BCUT2D eigenvalue weighted by Crippen LogP contribution is 2.12. The zero-order chi connectivity index (χ0) is 11.1. The Kier molecular flexibility index (Phi) is 5.02. The first-order valence-corrected chi connectivity index (χ1v) is 5.09. The van der Waals surface area contributed by atoms with Gasteiger partial charge in [0.2, 0.25) is 0 Å². The maximum absolute atomic E-state index is 8.63. The molecule has 0 bridgehead atoms. The number of para-hydroxylation sites is 1. The molecule has 78 valence electrons. The van der Waals surface area contributed by atoms with Crippen molar-refractivity contribution in [3.63, 3.8) is 0 Å². The number of hydrogen-bond donors (Lipinski definition) is 1. The average Bonchev–Trinajstić information content (AvgIpc) is 2.25. The summed E-state index contributed by atoms with van der Waals surface area (Å²) in [5.41, 5.74) is 0. The number of rotatable bonds is 0. The van der Waals surface area contributed by atoms with Gasteiger partial charge in [-0.3, -0.25) is 0 Å². The average molecular weight is 241 g/mol. The summed E-state index contributed by atoms with van der Waals surface area (Å²) in [7, 11) is 0. The molecule has 2 aromatic carbocycles.